The minimum absolute atomic E-state index is 0.151. The predicted molar refractivity (Wildman–Crippen MR) is 90.9 cm³/mol. The third-order valence-electron chi connectivity index (χ3n) is 3.44. The number of carbonyl (C=O) groups is 2. The molecule has 0 fully saturated rings. The van der Waals surface area contributed by atoms with Crippen LogP contribution in [-0.2, 0) is 11.0 Å². The van der Waals surface area contributed by atoms with E-state index in [4.69, 9.17) is 14.6 Å². The third kappa shape index (κ3) is 5.60. The van der Waals surface area contributed by atoms with Crippen molar-refractivity contribution in [2.75, 3.05) is 13.7 Å². The molecule has 142 valence electrons. The zero-order chi connectivity index (χ0) is 20.0. The van der Waals surface area contributed by atoms with Gasteiger partial charge in [0.25, 0.3) is 0 Å². The second kappa shape index (κ2) is 8.39. The van der Waals surface area contributed by atoms with E-state index in [1.807, 2.05) is 0 Å². The van der Waals surface area contributed by atoms with Crippen LogP contribution in [0.25, 0.3) is 6.08 Å². The molecular weight excluding hydrogens is 365 g/mol. The summed E-state index contributed by atoms with van der Waals surface area (Å²) in [6.07, 6.45) is -2.05. The van der Waals surface area contributed by atoms with Gasteiger partial charge in [-0.25, -0.2) is 4.79 Å². The van der Waals surface area contributed by atoms with Crippen molar-refractivity contribution >= 4 is 17.8 Å². The van der Waals surface area contributed by atoms with Crippen molar-refractivity contribution in [3.8, 4) is 11.5 Å². The first-order chi connectivity index (χ1) is 12.7. The number of hydrogen-bond acceptors (Lipinski definition) is 4. The molecule has 2 aromatic rings. The van der Waals surface area contributed by atoms with Gasteiger partial charge in [-0.2, -0.15) is 13.2 Å². The number of carboxylic acids is 1. The number of alkyl halides is 3. The highest BCUT2D eigenvalue weighted by atomic mass is 19.4. The standard InChI is InChI=1S/C19H15F3O5/c1-26-17-10-13(6-8-16(17)27-11-18(24)25)15(23)7-5-12-3-2-4-14(9-12)19(20,21)22/h2-10H,11H2,1H3,(H,24,25)/b7-5+. The zero-order valence-electron chi connectivity index (χ0n) is 14.1. The molecule has 0 aliphatic carbocycles. The van der Waals surface area contributed by atoms with E-state index in [-0.39, 0.29) is 22.6 Å². The first-order valence-corrected chi connectivity index (χ1v) is 7.63. The van der Waals surface area contributed by atoms with Crippen LogP contribution in [0.2, 0.25) is 0 Å². The fourth-order valence-electron chi connectivity index (χ4n) is 2.17. The highest BCUT2D eigenvalue weighted by Gasteiger charge is 2.30. The van der Waals surface area contributed by atoms with Crippen LogP contribution in [0.1, 0.15) is 21.5 Å². The Morgan fingerprint density at radius 3 is 2.48 bits per heavy atom. The predicted octanol–water partition coefficient (Wildman–Crippen LogP) is 4.07. The lowest BCUT2D eigenvalue weighted by Gasteiger charge is -2.10. The van der Waals surface area contributed by atoms with Crippen LogP contribution in [0.5, 0.6) is 11.5 Å². The molecular formula is C19H15F3O5. The van der Waals surface area contributed by atoms with Crippen molar-refractivity contribution < 1.29 is 37.3 Å². The summed E-state index contributed by atoms with van der Waals surface area (Å²) in [4.78, 5) is 22.8. The largest absolute Gasteiger partial charge is 0.493 e. The lowest BCUT2D eigenvalue weighted by molar-refractivity contribution is -0.139. The summed E-state index contributed by atoms with van der Waals surface area (Å²) < 4.78 is 48.2. The minimum atomic E-state index is -4.47. The van der Waals surface area contributed by atoms with Gasteiger partial charge in [0.05, 0.1) is 12.7 Å². The van der Waals surface area contributed by atoms with E-state index in [0.717, 1.165) is 18.2 Å². The Bertz CT molecular complexity index is 872. The van der Waals surface area contributed by atoms with Crippen molar-refractivity contribution in [3.63, 3.8) is 0 Å². The monoisotopic (exact) mass is 380 g/mol. The van der Waals surface area contributed by atoms with Crippen molar-refractivity contribution in [2.45, 2.75) is 6.18 Å². The van der Waals surface area contributed by atoms with Gasteiger partial charge in [0.15, 0.2) is 23.9 Å². The van der Waals surface area contributed by atoms with Crippen LogP contribution >= 0.6 is 0 Å². The molecule has 0 radical (unpaired) electrons. The number of rotatable bonds is 7. The third-order valence-corrected chi connectivity index (χ3v) is 3.44. The van der Waals surface area contributed by atoms with Gasteiger partial charge in [0.1, 0.15) is 0 Å². The molecule has 0 aromatic heterocycles. The highest BCUT2D eigenvalue weighted by molar-refractivity contribution is 6.07. The maximum atomic E-state index is 12.7. The van der Waals surface area contributed by atoms with Crippen molar-refractivity contribution in [1.82, 2.24) is 0 Å². The van der Waals surface area contributed by atoms with Gasteiger partial charge in [0, 0.05) is 5.56 Å². The van der Waals surface area contributed by atoms with Crippen LogP contribution in [0.15, 0.2) is 48.5 Å². The molecule has 0 unspecified atom stereocenters. The lowest BCUT2D eigenvalue weighted by atomic mass is 10.1. The van der Waals surface area contributed by atoms with E-state index < -0.39 is 30.1 Å². The van der Waals surface area contributed by atoms with Gasteiger partial charge >= 0.3 is 12.1 Å². The highest BCUT2D eigenvalue weighted by Crippen LogP contribution is 2.30. The Balaban J connectivity index is 2.18. The fourth-order valence-corrected chi connectivity index (χ4v) is 2.17. The first-order valence-electron chi connectivity index (χ1n) is 7.63. The number of halogens is 3. The van der Waals surface area contributed by atoms with Crippen molar-refractivity contribution in [3.05, 3.63) is 65.2 Å². The van der Waals surface area contributed by atoms with Crippen LogP contribution in [0.4, 0.5) is 13.2 Å². The molecule has 0 amide bonds. The lowest BCUT2D eigenvalue weighted by Crippen LogP contribution is -2.10. The molecule has 1 N–H and O–H groups in total. The number of carboxylic acid groups (broad SMARTS) is 1. The quantitative estimate of drug-likeness (QED) is 0.579. The Morgan fingerprint density at radius 1 is 1.11 bits per heavy atom. The summed E-state index contributed by atoms with van der Waals surface area (Å²) in [6, 6.07) is 8.72. The summed E-state index contributed by atoms with van der Waals surface area (Å²) in [6.45, 7) is -0.570. The van der Waals surface area contributed by atoms with Crippen LogP contribution < -0.4 is 9.47 Å². The molecule has 0 saturated carbocycles. The van der Waals surface area contributed by atoms with E-state index in [1.54, 1.807) is 0 Å². The number of allylic oxidation sites excluding steroid dienone is 1. The topological polar surface area (TPSA) is 72.8 Å². The number of ether oxygens (including phenoxy) is 2. The van der Waals surface area contributed by atoms with Gasteiger partial charge in [-0.1, -0.05) is 18.2 Å². The number of aliphatic carboxylic acids is 1. The Morgan fingerprint density at radius 2 is 1.85 bits per heavy atom. The average Bonchev–Trinajstić information content (AvgIpc) is 2.63. The Kier molecular flexibility index (Phi) is 6.23. The second-order valence-electron chi connectivity index (χ2n) is 5.37. The summed E-state index contributed by atoms with van der Waals surface area (Å²) >= 11 is 0. The average molecular weight is 380 g/mol. The Hall–Kier alpha value is -3.29. The molecule has 5 nitrogen and oxygen atoms in total. The van der Waals surface area contributed by atoms with Crippen molar-refractivity contribution in [2.24, 2.45) is 0 Å². The maximum absolute atomic E-state index is 12.7. The summed E-state index contributed by atoms with van der Waals surface area (Å²) in [5.41, 5.74) is -0.372. The smallest absolute Gasteiger partial charge is 0.416 e. The zero-order valence-corrected chi connectivity index (χ0v) is 14.1. The molecule has 0 aliphatic heterocycles. The number of carbonyl (C=O) groups excluding carboxylic acids is 1. The van der Waals surface area contributed by atoms with Gasteiger partial charge < -0.3 is 14.6 Å². The summed E-state index contributed by atoms with van der Waals surface area (Å²) in [5.74, 6) is -1.32. The normalized spacial score (nSPS) is 11.4. The molecule has 27 heavy (non-hydrogen) atoms. The maximum Gasteiger partial charge on any atom is 0.416 e. The molecule has 0 saturated heterocycles. The molecule has 0 atom stereocenters. The first kappa shape index (κ1) is 20.0. The molecule has 2 aromatic carbocycles. The summed E-state index contributed by atoms with van der Waals surface area (Å²) in [7, 11) is 1.33. The number of methoxy groups -OCH3 is 1. The van der Waals surface area contributed by atoms with Crippen molar-refractivity contribution in [1.29, 1.82) is 0 Å². The van der Waals surface area contributed by atoms with Gasteiger partial charge in [-0.3, -0.25) is 4.79 Å². The molecule has 0 aliphatic rings. The molecule has 0 spiro atoms. The van der Waals surface area contributed by atoms with E-state index in [9.17, 15) is 22.8 Å². The molecule has 0 heterocycles. The van der Waals surface area contributed by atoms with Crippen LogP contribution in [0.3, 0.4) is 0 Å². The SMILES string of the molecule is COc1cc(C(=O)/C=C/c2cccc(C(F)(F)F)c2)ccc1OCC(=O)O. The second-order valence-corrected chi connectivity index (χ2v) is 5.37. The van der Waals surface area contributed by atoms with Gasteiger partial charge in [-0.15, -0.1) is 0 Å². The number of benzene rings is 2. The number of hydrogen-bond donors (Lipinski definition) is 1. The van der Waals surface area contributed by atoms with Crippen LogP contribution in [-0.4, -0.2) is 30.6 Å². The van der Waals surface area contributed by atoms with E-state index in [2.05, 4.69) is 0 Å². The van der Waals surface area contributed by atoms with E-state index in [0.29, 0.717) is 0 Å². The Labute approximate surface area is 152 Å². The summed E-state index contributed by atoms with van der Waals surface area (Å²) in [5, 5.41) is 8.63. The molecule has 0 bridgehead atoms. The number of ketones is 1. The molecule has 2 rings (SSSR count). The van der Waals surface area contributed by atoms with Crippen LogP contribution in [0, 0.1) is 0 Å². The minimum Gasteiger partial charge on any atom is -0.493 e. The van der Waals surface area contributed by atoms with E-state index >= 15 is 0 Å². The fraction of sp³-hybridized carbons (Fsp3) is 0.158. The van der Waals surface area contributed by atoms with Gasteiger partial charge in [-0.05, 0) is 42.0 Å². The van der Waals surface area contributed by atoms with Gasteiger partial charge in [0.2, 0.25) is 0 Å². The van der Waals surface area contributed by atoms with E-state index in [1.165, 1.54) is 43.5 Å². The molecule has 8 heteroatoms.